The van der Waals surface area contributed by atoms with E-state index in [-0.39, 0.29) is 0 Å². The van der Waals surface area contributed by atoms with Gasteiger partial charge < -0.3 is 4.74 Å². The van der Waals surface area contributed by atoms with Gasteiger partial charge in [0.05, 0.1) is 5.92 Å². The van der Waals surface area contributed by atoms with Crippen LogP contribution < -0.4 is 0 Å². The Balaban J connectivity index is 6.86. The lowest BCUT2D eigenvalue weighted by Crippen LogP contribution is -2.76. The highest BCUT2D eigenvalue weighted by atomic mass is 19.4. The lowest BCUT2D eigenvalue weighted by molar-refractivity contribution is -0.478. The van der Waals surface area contributed by atoms with Crippen LogP contribution in [0.4, 0.5) is 83.4 Å². The van der Waals surface area contributed by atoms with Gasteiger partial charge >= 0.3 is 59.7 Å². The Kier molecular flexibility index (Phi) is 7.65. The van der Waals surface area contributed by atoms with E-state index in [0.29, 0.717) is 13.8 Å². The van der Waals surface area contributed by atoms with E-state index in [9.17, 15) is 88.2 Å². The standard InChI is InChI=1S/C13H7F19O2/c1-3(2)4(33)34-13(31,32)11(26,27)9(22,23)7(18,19)5(14,15)6(16,17)8(20,21)10(24,25)12(28,29)30/h3H,1-2H3. The number of carbonyl (C=O) groups excluding carboxylic acids is 1. The lowest BCUT2D eigenvalue weighted by atomic mass is 9.88. The first-order chi connectivity index (χ1) is 14.3. The van der Waals surface area contributed by atoms with E-state index in [2.05, 4.69) is 4.74 Å². The van der Waals surface area contributed by atoms with Gasteiger partial charge in [0.1, 0.15) is 0 Å². The molecule has 0 aliphatic carbocycles. The van der Waals surface area contributed by atoms with Crippen molar-refractivity contribution >= 4 is 5.97 Å². The Bertz CT molecular complexity index is 763. The van der Waals surface area contributed by atoms with Gasteiger partial charge in [0.15, 0.2) is 0 Å². The quantitative estimate of drug-likeness (QED) is 0.231. The summed E-state index contributed by atoms with van der Waals surface area (Å²) >= 11 is 0. The highest BCUT2D eigenvalue weighted by Crippen LogP contribution is 2.65. The normalized spacial score (nSPS) is 16.2. The average molecular weight is 556 g/mol. The molecule has 0 aromatic carbocycles. The van der Waals surface area contributed by atoms with Crippen LogP contribution in [0.5, 0.6) is 0 Å². The summed E-state index contributed by atoms with van der Waals surface area (Å²) in [6.45, 7) is 1.06. The van der Waals surface area contributed by atoms with Crippen molar-refractivity contribution in [2.24, 2.45) is 5.92 Å². The molecule has 0 bridgehead atoms. The maximum Gasteiger partial charge on any atom is 0.473 e. The second kappa shape index (κ2) is 8.09. The zero-order chi connectivity index (χ0) is 28.4. The summed E-state index contributed by atoms with van der Waals surface area (Å²) in [6, 6.07) is 0. The second-order valence-electron chi connectivity index (χ2n) is 6.61. The molecule has 0 aliphatic rings. The van der Waals surface area contributed by atoms with Gasteiger partial charge in [-0.2, -0.15) is 83.4 Å². The van der Waals surface area contributed by atoms with E-state index in [1.165, 1.54) is 0 Å². The van der Waals surface area contributed by atoms with Crippen LogP contribution in [0.2, 0.25) is 0 Å². The minimum Gasteiger partial charge on any atom is -0.396 e. The van der Waals surface area contributed by atoms with Crippen molar-refractivity contribution in [1.29, 1.82) is 0 Å². The molecule has 0 fully saturated rings. The van der Waals surface area contributed by atoms with Crippen LogP contribution in [0.25, 0.3) is 0 Å². The maximum absolute atomic E-state index is 13.4. The molecule has 0 amide bonds. The fraction of sp³-hybridized carbons (Fsp3) is 0.923. The molecule has 0 saturated carbocycles. The molecular formula is C13H7F19O2. The van der Waals surface area contributed by atoms with Crippen molar-refractivity contribution in [3.05, 3.63) is 0 Å². The molecule has 2 nitrogen and oxygen atoms in total. The van der Waals surface area contributed by atoms with E-state index in [1.54, 1.807) is 0 Å². The molecule has 21 heteroatoms. The molecule has 0 atom stereocenters. The van der Waals surface area contributed by atoms with Crippen molar-refractivity contribution in [3.8, 4) is 0 Å². The number of carbonyl (C=O) groups is 1. The van der Waals surface area contributed by atoms with Crippen molar-refractivity contribution in [1.82, 2.24) is 0 Å². The predicted molar refractivity (Wildman–Crippen MR) is 66.6 cm³/mol. The van der Waals surface area contributed by atoms with Crippen LogP contribution in [0.15, 0.2) is 0 Å². The number of hydrogen-bond donors (Lipinski definition) is 0. The maximum atomic E-state index is 13.4. The Hall–Kier alpha value is -1.86. The Morgan fingerprint density at radius 3 is 0.941 bits per heavy atom. The fourth-order valence-electron chi connectivity index (χ4n) is 1.65. The second-order valence-corrected chi connectivity index (χ2v) is 6.61. The number of halogens is 19. The third-order valence-corrected chi connectivity index (χ3v) is 3.79. The van der Waals surface area contributed by atoms with Crippen LogP contribution >= 0.6 is 0 Å². The lowest BCUT2D eigenvalue weighted by Gasteiger charge is -2.43. The van der Waals surface area contributed by atoms with Crippen LogP contribution in [0, 0.1) is 5.92 Å². The van der Waals surface area contributed by atoms with E-state index >= 15 is 0 Å². The highest BCUT2D eigenvalue weighted by Gasteiger charge is 2.97. The van der Waals surface area contributed by atoms with Gasteiger partial charge in [0.2, 0.25) is 0 Å². The predicted octanol–water partition coefficient (Wildman–Crippen LogP) is 6.79. The summed E-state index contributed by atoms with van der Waals surface area (Å²) in [5.74, 6) is -65.4. The smallest absolute Gasteiger partial charge is 0.396 e. The van der Waals surface area contributed by atoms with E-state index < -0.39 is 65.6 Å². The number of hydrogen-bond acceptors (Lipinski definition) is 2. The summed E-state index contributed by atoms with van der Waals surface area (Å²) in [5.41, 5.74) is 0. The molecule has 0 N–H and O–H groups in total. The van der Waals surface area contributed by atoms with Gasteiger partial charge in [0.25, 0.3) is 0 Å². The summed E-state index contributed by atoms with van der Waals surface area (Å²) in [4.78, 5) is 10.8. The minimum absolute atomic E-state index is 0.529. The molecule has 34 heavy (non-hydrogen) atoms. The summed E-state index contributed by atoms with van der Waals surface area (Å²) in [7, 11) is 0. The van der Waals surface area contributed by atoms with E-state index in [4.69, 9.17) is 0 Å². The molecule has 0 unspecified atom stereocenters. The Morgan fingerprint density at radius 2 is 0.706 bits per heavy atom. The first-order valence-electron chi connectivity index (χ1n) is 7.65. The molecule has 0 saturated heterocycles. The van der Waals surface area contributed by atoms with E-state index in [1.807, 2.05) is 0 Å². The molecule has 0 aromatic heterocycles. The minimum atomic E-state index is -9.01. The molecule has 0 aromatic rings. The van der Waals surface area contributed by atoms with Crippen molar-refractivity contribution in [2.75, 3.05) is 0 Å². The Morgan fingerprint density at radius 1 is 0.471 bits per heavy atom. The largest absolute Gasteiger partial charge is 0.473 e. The number of esters is 1. The fourth-order valence-corrected chi connectivity index (χ4v) is 1.65. The van der Waals surface area contributed by atoms with Gasteiger partial charge in [-0.25, -0.2) is 0 Å². The van der Waals surface area contributed by atoms with Crippen LogP contribution in [-0.4, -0.2) is 59.7 Å². The summed E-state index contributed by atoms with van der Waals surface area (Å²) < 4.78 is 249. The molecule has 0 radical (unpaired) electrons. The van der Waals surface area contributed by atoms with Crippen LogP contribution in [0.3, 0.4) is 0 Å². The average Bonchev–Trinajstić information content (AvgIpc) is 2.58. The van der Waals surface area contributed by atoms with Crippen molar-refractivity contribution in [2.45, 2.75) is 67.6 Å². The van der Waals surface area contributed by atoms with Gasteiger partial charge in [-0.15, -0.1) is 0 Å². The van der Waals surface area contributed by atoms with Gasteiger partial charge in [-0.05, 0) is 0 Å². The summed E-state index contributed by atoms with van der Waals surface area (Å²) in [6.07, 6.45) is -15.2. The number of ether oxygens (including phenoxy) is 1. The molecule has 204 valence electrons. The Labute approximate surface area is 174 Å². The van der Waals surface area contributed by atoms with Gasteiger partial charge in [-0.3, -0.25) is 4.79 Å². The van der Waals surface area contributed by atoms with Crippen LogP contribution in [-0.2, 0) is 9.53 Å². The van der Waals surface area contributed by atoms with E-state index in [0.717, 1.165) is 0 Å². The SMILES string of the molecule is CC(C)C(=O)OC(F)(F)C(F)(F)C(F)(F)C(F)(F)C(F)(F)C(F)(F)C(F)(F)C(F)(F)C(F)(F)F. The molecule has 0 aliphatic heterocycles. The topological polar surface area (TPSA) is 26.3 Å². The van der Waals surface area contributed by atoms with Crippen molar-refractivity contribution in [3.63, 3.8) is 0 Å². The van der Waals surface area contributed by atoms with Gasteiger partial charge in [0, 0.05) is 0 Å². The zero-order valence-corrected chi connectivity index (χ0v) is 15.6. The highest BCUT2D eigenvalue weighted by molar-refractivity contribution is 5.71. The monoisotopic (exact) mass is 556 g/mol. The van der Waals surface area contributed by atoms with Crippen molar-refractivity contribution < 1.29 is 92.9 Å². The first-order valence-corrected chi connectivity index (χ1v) is 7.65. The van der Waals surface area contributed by atoms with Crippen LogP contribution in [0.1, 0.15) is 13.8 Å². The zero-order valence-electron chi connectivity index (χ0n) is 15.6. The third-order valence-electron chi connectivity index (χ3n) is 3.79. The summed E-state index contributed by atoms with van der Waals surface area (Å²) in [5, 5.41) is 0. The molecule has 0 rings (SSSR count). The first kappa shape index (κ1) is 32.1. The number of rotatable bonds is 9. The molecule has 0 heterocycles. The number of alkyl halides is 19. The van der Waals surface area contributed by atoms with Gasteiger partial charge in [-0.1, -0.05) is 13.8 Å². The third kappa shape index (κ3) is 4.09. The molecule has 0 spiro atoms. The molecular weight excluding hydrogens is 549 g/mol.